The van der Waals surface area contributed by atoms with Crippen molar-refractivity contribution in [1.29, 1.82) is 0 Å². The molecule has 0 saturated heterocycles. The van der Waals surface area contributed by atoms with Gasteiger partial charge >= 0.3 is 5.97 Å². The zero-order valence-corrected chi connectivity index (χ0v) is 10.7. The first-order valence-corrected chi connectivity index (χ1v) is 5.85. The number of phenolic OH excluding ortho intramolecular Hbond substituents is 1. The number of rotatable bonds is 3. The van der Waals surface area contributed by atoms with Crippen LogP contribution in [0.25, 0.3) is 10.9 Å². The minimum atomic E-state index is -0.893. The molecule has 0 saturated carbocycles. The Bertz CT molecular complexity index is 611. The summed E-state index contributed by atoms with van der Waals surface area (Å²) in [5, 5.41) is 20.2. The predicted molar refractivity (Wildman–Crippen MR) is 69.8 cm³/mol. The Hall–Kier alpha value is -1.97. The molecule has 0 atom stereocenters. The smallest absolute Gasteiger partial charge is 0.309 e. The van der Waals surface area contributed by atoms with Gasteiger partial charge in [0.1, 0.15) is 5.75 Å². The van der Waals surface area contributed by atoms with Crippen LogP contribution >= 0.6 is 0 Å². The molecule has 0 amide bonds. The lowest BCUT2D eigenvalue weighted by Crippen LogP contribution is -2.26. The molecule has 0 fully saturated rings. The van der Waals surface area contributed by atoms with E-state index in [-0.39, 0.29) is 5.75 Å². The summed E-state index contributed by atoms with van der Waals surface area (Å²) in [6.07, 6.45) is 2.13. The van der Waals surface area contributed by atoms with Gasteiger partial charge in [-0.15, -0.1) is 0 Å². The maximum absolute atomic E-state index is 11.1. The van der Waals surface area contributed by atoms with Gasteiger partial charge in [-0.2, -0.15) is 0 Å². The number of carboxylic acids is 1. The molecule has 18 heavy (non-hydrogen) atoms. The fourth-order valence-corrected chi connectivity index (χ4v) is 2.11. The summed E-state index contributed by atoms with van der Waals surface area (Å²) in [4.78, 5) is 14.2. The Kier molecular flexibility index (Phi) is 2.81. The molecule has 1 aromatic carbocycles. The molecule has 2 rings (SSSR count). The number of aryl methyl sites for hydroxylation is 1. The third kappa shape index (κ3) is 1.94. The second-order valence-corrected chi connectivity index (χ2v) is 5.33. The minimum absolute atomic E-state index is 0.181. The van der Waals surface area contributed by atoms with Gasteiger partial charge in [0, 0.05) is 17.1 Å². The number of phenols is 1. The summed E-state index contributed by atoms with van der Waals surface area (Å²) >= 11 is 0. The lowest BCUT2D eigenvalue weighted by atomic mass is 9.85. The lowest BCUT2D eigenvalue weighted by Gasteiger charge is -2.19. The van der Waals surface area contributed by atoms with E-state index in [1.807, 2.05) is 19.2 Å². The Morgan fingerprint density at radius 2 is 2.06 bits per heavy atom. The Balaban J connectivity index is 2.50. The Morgan fingerprint density at radius 3 is 2.67 bits per heavy atom. The first-order chi connectivity index (χ1) is 8.33. The average molecular weight is 247 g/mol. The number of benzene rings is 1. The quantitative estimate of drug-likeness (QED) is 0.780. The van der Waals surface area contributed by atoms with Crippen molar-refractivity contribution in [2.75, 3.05) is 0 Å². The number of carbonyl (C=O) groups is 1. The van der Waals surface area contributed by atoms with Gasteiger partial charge in [-0.25, -0.2) is 0 Å². The van der Waals surface area contributed by atoms with Gasteiger partial charge < -0.3 is 15.2 Å². The fraction of sp³-hybridized carbons (Fsp3) is 0.357. The molecule has 4 nitrogen and oxygen atoms in total. The zero-order chi connectivity index (χ0) is 13.5. The van der Waals surface area contributed by atoms with Crippen LogP contribution in [0.4, 0.5) is 0 Å². The third-order valence-corrected chi connectivity index (χ3v) is 3.31. The largest absolute Gasteiger partial charge is 0.507 e. The number of carboxylic acid groups (broad SMARTS) is 1. The van der Waals surface area contributed by atoms with Gasteiger partial charge in [0.25, 0.3) is 0 Å². The molecule has 2 aromatic rings. The highest BCUT2D eigenvalue weighted by molar-refractivity contribution is 5.90. The van der Waals surface area contributed by atoms with Crippen molar-refractivity contribution in [3.63, 3.8) is 0 Å². The number of aromatic nitrogens is 1. The van der Waals surface area contributed by atoms with E-state index in [0.29, 0.717) is 12.0 Å². The monoisotopic (exact) mass is 247 g/mol. The summed E-state index contributed by atoms with van der Waals surface area (Å²) in [7, 11) is 0. The van der Waals surface area contributed by atoms with E-state index in [9.17, 15) is 9.90 Å². The van der Waals surface area contributed by atoms with Crippen LogP contribution < -0.4 is 0 Å². The summed E-state index contributed by atoms with van der Waals surface area (Å²) in [6, 6.07) is 3.65. The number of aromatic hydroxyl groups is 1. The number of fused-ring (bicyclic) bond motifs is 1. The molecule has 1 heterocycles. The number of nitrogens with one attached hydrogen (secondary N) is 1. The number of aromatic amines is 1. The van der Waals surface area contributed by atoms with Crippen LogP contribution in [-0.4, -0.2) is 21.2 Å². The number of hydrogen-bond donors (Lipinski definition) is 3. The topological polar surface area (TPSA) is 73.3 Å². The minimum Gasteiger partial charge on any atom is -0.507 e. The van der Waals surface area contributed by atoms with Crippen molar-refractivity contribution in [3.8, 4) is 5.75 Å². The van der Waals surface area contributed by atoms with Crippen LogP contribution in [0, 0.1) is 12.3 Å². The van der Waals surface area contributed by atoms with Crippen LogP contribution in [0.3, 0.4) is 0 Å². The van der Waals surface area contributed by atoms with E-state index in [1.54, 1.807) is 19.9 Å². The van der Waals surface area contributed by atoms with E-state index >= 15 is 0 Å². The summed E-state index contributed by atoms with van der Waals surface area (Å²) < 4.78 is 0. The fourth-order valence-electron chi connectivity index (χ4n) is 2.11. The van der Waals surface area contributed by atoms with E-state index in [2.05, 4.69) is 4.98 Å². The van der Waals surface area contributed by atoms with Crippen molar-refractivity contribution in [1.82, 2.24) is 4.98 Å². The van der Waals surface area contributed by atoms with Crippen LogP contribution in [0.1, 0.15) is 25.0 Å². The number of H-pyrrole nitrogens is 1. The molecule has 3 N–H and O–H groups in total. The first kappa shape index (κ1) is 12.5. The van der Waals surface area contributed by atoms with Crippen molar-refractivity contribution < 1.29 is 15.0 Å². The van der Waals surface area contributed by atoms with Crippen molar-refractivity contribution >= 4 is 16.9 Å². The van der Waals surface area contributed by atoms with Gasteiger partial charge in [0.05, 0.1) is 5.41 Å². The molecule has 4 heteroatoms. The van der Waals surface area contributed by atoms with E-state index < -0.39 is 11.4 Å². The average Bonchev–Trinajstić information content (AvgIpc) is 2.65. The summed E-state index contributed by atoms with van der Waals surface area (Å²) in [5.74, 6) is -0.687. The SMILES string of the molecule is Cc1c[nH]c2ccc(CC(C)(C)C(=O)O)c(O)c12. The summed E-state index contributed by atoms with van der Waals surface area (Å²) in [5.41, 5.74) is 1.59. The van der Waals surface area contributed by atoms with E-state index in [4.69, 9.17) is 5.11 Å². The van der Waals surface area contributed by atoms with Crippen LogP contribution in [-0.2, 0) is 11.2 Å². The second-order valence-electron chi connectivity index (χ2n) is 5.33. The third-order valence-electron chi connectivity index (χ3n) is 3.31. The van der Waals surface area contributed by atoms with Crippen molar-refractivity contribution in [2.45, 2.75) is 27.2 Å². The number of aliphatic carboxylic acids is 1. The second kappa shape index (κ2) is 4.05. The highest BCUT2D eigenvalue weighted by Gasteiger charge is 2.29. The van der Waals surface area contributed by atoms with Gasteiger partial charge in [-0.05, 0) is 44.4 Å². The summed E-state index contributed by atoms with van der Waals surface area (Å²) in [6.45, 7) is 5.22. The van der Waals surface area contributed by atoms with Crippen LogP contribution in [0.2, 0.25) is 0 Å². The first-order valence-electron chi connectivity index (χ1n) is 5.85. The van der Waals surface area contributed by atoms with Crippen LogP contribution in [0.15, 0.2) is 18.3 Å². The highest BCUT2D eigenvalue weighted by atomic mass is 16.4. The highest BCUT2D eigenvalue weighted by Crippen LogP contribution is 2.34. The molecular weight excluding hydrogens is 230 g/mol. The standard InChI is InChI=1S/C14H17NO3/c1-8-7-15-10-5-4-9(12(16)11(8)10)6-14(2,3)13(17)18/h4-5,7,15-16H,6H2,1-3H3,(H,17,18). The molecule has 0 radical (unpaired) electrons. The van der Waals surface area contributed by atoms with Crippen molar-refractivity contribution in [3.05, 3.63) is 29.5 Å². The van der Waals surface area contributed by atoms with Gasteiger partial charge in [-0.3, -0.25) is 4.79 Å². The van der Waals surface area contributed by atoms with Gasteiger partial charge in [0.2, 0.25) is 0 Å². The van der Waals surface area contributed by atoms with Gasteiger partial charge in [-0.1, -0.05) is 6.07 Å². The van der Waals surface area contributed by atoms with Crippen LogP contribution in [0.5, 0.6) is 5.75 Å². The molecule has 0 unspecified atom stereocenters. The maximum Gasteiger partial charge on any atom is 0.309 e. The lowest BCUT2D eigenvalue weighted by molar-refractivity contribution is -0.146. The Morgan fingerprint density at radius 1 is 1.39 bits per heavy atom. The van der Waals surface area contributed by atoms with Gasteiger partial charge in [0.15, 0.2) is 0 Å². The predicted octanol–water partition coefficient (Wildman–Crippen LogP) is 2.84. The van der Waals surface area contributed by atoms with E-state index in [0.717, 1.165) is 16.5 Å². The Labute approximate surface area is 105 Å². The van der Waals surface area contributed by atoms with Crippen molar-refractivity contribution in [2.24, 2.45) is 5.41 Å². The number of hydrogen-bond acceptors (Lipinski definition) is 2. The molecule has 0 aliphatic rings. The van der Waals surface area contributed by atoms with E-state index in [1.165, 1.54) is 0 Å². The maximum atomic E-state index is 11.1. The zero-order valence-electron chi connectivity index (χ0n) is 10.7. The molecule has 0 bridgehead atoms. The molecule has 1 aromatic heterocycles. The molecular formula is C14H17NO3. The normalized spacial score (nSPS) is 11.9. The molecule has 96 valence electrons. The molecule has 0 aliphatic carbocycles. The molecule has 0 spiro atoms. The molecule has 0 aliphatic heterocycles.